The van der Waals surface area contributed by atoms with Gasteiger partial charge in [-0.15, -0.1) is 0 Å². The van der Waals surface area contributed by atoms with Crippen LogP contribution in [0.1, 0.15) is 47.7 Å². The fourth-order valence-corrected chi connectivity index (χ4v) is 2.55. The van der Waals surface area contributed by atoms with Gasteiger partial charge in [-0.25, -0.2) is 15.0 Å². The molecule has 2 heterocycles. The maximum atomic E-state index is 12.6. The van der Waals surface area contributed by atoms with Crippen LogP contribution >= 0.6 is 0 Å². The summed E-state index contributed by atoms with van der Waals surface area (Å²) in [5.74, 6) is -0.915. The summed E-state index contributed by atoms with van der Waals surface area (Å²) in [6.45, 7) is 1.83. The first-order valence-electron chi connectivity index (χ1n) is 9.24. The average molecular weight is 423 g/mol. The van der Waals surface area contributed by atoms with Gasteiger partial charge >= 0.3 is 6.18 Å². The minimum atomic E-state index is -4.48. The molecule has 0 saturated heterocycles. The molecule has 3 rings (SSSR count). The Balaban J connectivity index is 1.66. The molecule has 1 saturated carbocycles. The van der Waals surface area contributed by atoms with Crippen LogP contribution in [0.3, 0.4) is 0 Å². The minimum Gasteiger partial charge on any atom is -0.468 e. The maximum Gasteiger partial charge on any atom is 0.422 e. The molecular weight excluding hydrogens is 403 g/mol. The van der Waals surface area contributed by atoms with Gasteiger partial charge in [0.05, 0.1) is 11.7 Å². The highest BCUT2D eigenvalue weighted by Gasteiger charge is 2.30. The molecule has 1 unspecified atom stereocenters. The molecule has 160 valence electrons. The molecule has 2 amide bonds. The van der Waals surface area contributed by atoms with Gasteiger partial charge in [0.15, 0.2) is 6.61 Å². The highest BCUT2D eigenvalue weighted by Crippen LogP contribution is 2.29. The zero-order valence-corrected chi connectivity index (χ0v) is 16.3. The second kappa shape index (κ2) is 8.64. The summed E-state index contributed by atoms with van der Waals surface area (Å²) in [7, 11) is 0. The molecule has 2 N–H and O–H groups in total. The number of aromatic nitrogens is 3. The highest BCUT2D eigenvalue weighted by molar-refractivity contribution is 5.95. The van der Waals surface area contributed by atoms with Gasteiger partial charge in [-0.3, -0.25) is 14.9 Å². The summed E-state index contributed by atoms with van der Waals surface area (Å²) >= 11 is 0. The molecule has 0 aliphatic heterocycles. The van der Waals surface area contributed by atoms with Crippen molar-refractivity contribution < 1.29 is 27.5 Å². The smallest absolute Gasteiger partial charge is 0.422 e. The lowest BCUT2D eigenvalue weighted by molar-refractivity contribution is -0.154. The number of hydrogen-bond donors (Lipinski definition) is 2. The molecule has 11 heteroatoms. The zero-order valence-electron chi connectivity index (χ0n) is 16.3. The number of anilines is 1. The number of nitrogens with one attached hydrogen (secondary N) is 2. The number of amides is 2. The summed E-state index contributed by atoms with van der Waals surface area (Å²) in [5, 5.41) is 5.27. The fourth-order valence-electron chi connectivity index (χ4n) is 2.55. The summed E-state index contributed by atoms with van der Waals surface area (Å²) in [5.41, 5.74) is 0.857. The molecule has 8 nitrogen and oxygen atoms in total. The van der Waals surface area contributed by atoms with E-state index in [0.717, 1.165) is 12.8 Å². The summed E-state index contributed by atoms with van der Waals surface area (Å²) < 4.78 is 41.5. The van der Waals surface area contributed by atoms with Gasteiger partial charge in [0.2, 0.25) is 17.7 Å². The molecular formula is C19H20F3N5O3. The van der Waals surface area contributed by atoms with Crippen LogP contribution in [-0.4, -0.2) is 39.5 Å². The van der Waals surface area contributed by atoms with Gasteiger partial charge in [0.25, 0.3) is 5.91 Å². The predicted octanol–water partition coefficient (Wildman–Crippen LogP) is 2.96. The van der Waals surface area contributed by atoms with Crippen LogP contribution in [0.25, 0.3) is 0 Å². The number of nitrogens with zero attached hydrogens (tertiary/aromatic N) is 3. The van der Waals surface area contributed by atoms with Crippen molar-refractivity contribution in [3.05, 3.63) is 41.3 Å². The zero-order chi connectivity index (χ0) is 21.9. The van der Waals surface area contributed by atoms with Crippen molar-refractivity contribution in [1.82, 2.24) is 20.3 Å². The van der Waals surface area contributed by atoms with Crippen LogP contribution < -0.4 is 15.4 Å². The van der Waals surface area contributed by atoms with Crippen LogP contribution in [0.4, 0.5) is 19.1 Å². The number of aryl methyl sites for hydroxylation is 1. The molecule has 1 aliphatic carbocycles. The Morgan fingerprint density at radius 2 is 1.97 bits per heavy atom. The lowest BCUT2D eigenvalue weighted by atomic mass is 10.2. The molecule has 2 aromatic rings. The van der Waals surface area contributed by atoms with E-state index >= 15 is 0 Å². The monoisotopic (exact) mass is 423 g/mol. The number of carbonyl (C=O) groups is 2. The maximum absolute atomic E-state index is 12.6. The third kappa shape index (κ3) is 6.13. The Morgan fingerprint density at radius 3 is 2.63 bits per heavy atom. The third-order valence-electron chi connectivity index (χ3n) is 4.19. The van der Waals surface area contributed by atoms with Crippen LogP contribution in [0.2, 0.25) is 0 Å². The number of rotatable bonds is 7. The van der Waals surface area contributed by atoms with Gasteiger partial charge in [0, 0.05) is 17.7 Å². The Labute approximate surface area is 170 Å². The Kier molecular flexibility index (Phi) is 6.18. The van der Waals surface area contributed by atoms with E-state index in [1.54, 1.807) is 19.9 Å². The van der Waals surface area contributed by atoms with Crippen molar-refractivity contribution in [2.75, 3.05) is 11.9 Å². The van der Waals surface area contributed by atoms with E-state index in [4.69, 9.17) is 0 Å². The van der Waals surface area contributed by atoms with Crippen molar-refractivity contribution in [2.24, 2.45) is 5.92 Å². The van der Waals surface area contributed by atoms with Crippen molar-refractivity contribution in [1.29, 1.82) is 0 Å². The molecule has 0 radical (unpaired) electrons. The van der Waals surface area contributed by atoms with E-state index in [-0.39, 0.29) is 29.3 Å². The Hall–Kier alpha value is -3.24. The Bertz CT molecular complexity index is 947. The third-order valence-corrected chi connectivity index (χ3v) is 4.19. The molecule has 0 aromatic carbocycles. The number of alkyl halides is 3. The van der Waals surface area contributed by atoms with E-state index in [1.165, 1.54) is 18.2 Å². The van der Waals surface area contributed by atoms with Crippen molar-refractivity contribution in [3.8, 4) is 5.88 Å². The molecule has 0 spiro atoms. The van der Waals surface area contributed by atoms with Crippen LogP contribution in [0, 0.1) is 12.8 Å². The minimum absolute atomic E-state index is 0.0377. The predicted molar refractivity (Wildman–Crippen MR) is 99.8 cm³/mol. The van der Waals surface area contributed by atoms with Gasteiger partial charge in [-0.2, -0.15) is 13.2 Å². The highest BCUT2D eigenvalue weighted by atomic mass is 19.4. The molecule has 30 heavy (non-hydrogen) atoms. The number of ether oxygens (including phenoxy) is 1. The van der Waals surface area contributed by atoms with Crippen molar-refractivity contribution in [3.63, 3.8) is 0 Å². The summed E-state index contributed by atoms with van der Waals surface area (Å²) in [6.07, 6.45) is -2.84. The average Bonchev–Trinajstić information content (AvgIpc) is 3.51. The first kappa shape index (κ1) is 21.5. The first-order valence-corrected chi connectivity index (χ1v) is 9.24. The number of pyridine rings is 1. The van der Waals surface area contributed by atoms with Crippen LogP contribution in [-0.2, 0) is 4.79 Å². The fraction of sp³-hybridized carbons (Fsp3) is 0.421. The summed E-state index contributed by atoms with van der Waals surface area (Å²) in [6, 6.07) is 5.17. The molecule has 1 aliphatic rings. The van der Waals surface area contributed by atoms with E-state index < -0.39 is 24.7 Å². The van der Waals surface area contributed by atoms with Crippen LogP contribution in [0.5, 0.6) is 5.88 Å². The Morgan fingerprint density at radius 1 is 1.23 bits per heavy atom. The molecule has 1 atom stereocenters. The van der Waals surface area contributed by atoms with Gasteiger partial charge in [-0.1, -0.05) is 6.07 Å². The topological polar surface area (TPSA) is 106 Å². The van der Waals surface area contributed by atoms with Crippen LogP contribution in [0.15, 0.2) is 24.3 Å². The van der Waals surface area contributed by atoms with Gasteiger partial charge in [-0.05, 0) is 38.8 Å². The second-order valence-electron chi connectivity index (χ2n) is 6.98. The lowest BCUT2D eigenvalue weighted by Gasteiger charge is -2.15. The first-order chi connectivity index (χ1) is 14.1. The van der Waals surface area contributed by atoms with E-state index in [1.807, 2.05) is 0 Å². The largest absolute Gasteiger partial charge is 0.468 e. The molecule has 0 bridgehead atoms. The SMILES string of the molecule is Cc1cc(C(=O)NC(C)c2cccc(OCC(F)(F)F)n2)nc(NC(=O)C2CC2)n1. The normalized spacial score (nSPS) is 14.7. The number of carbonyl (C=O) groups excluding carboxylic acids is 2. The summed E-state index contributed by atoms with van der Waals surface area (Å²) in [4.78, 5) is 36.7. The van der Waals surface area contributed by atoms with Crippen molar-refractivity contribution >= 4 is 17.8 Å². The van der Waals surface area contributed by atoms with Gasteiger partial charge in [0.1, 0.15) is 5.69 Å². The second-order valence-corrected chi connectivity index (χ2v) is 6.98. The van der Waals surface area contributed by atoms with E-state index in [0.29, 0.717) is 11.4 Å². The molecule has 2 aromatic heterocycles. The quantitative estimate of drug-likeness (QED) is 0.709. The molecule has 1 fully saturated rings. The number of halogens is 3. The van der Waals surface area contributed by atoms with E-state index in [9.17, 15) is 22.8 Å². The standard InChI is InChI=1S/C19H20F3N5O3/c1-10-8-14(26-18(23-10)27-16(28)12-6-7-12)17(29)24-11(2)13-4-3-5-15(25-13)30-9-19(20,21)22/h3-5,8,11-12H,6-7,9H2,1-2H3,(H,24,29)(H,23,26,27,28). The van der Waals surface area contributed by atoms with Gasteiger partial charge < -0.3 is 10.1 Å². The van der Waals surface area contributed by atoms with E-state index in [2.05, 4.69) is 30.3 Å². The van der Waals surface area contributed by atoms with Crippen molar-refractivity contribution in [2.45, 2.75) is 38.9 Å². The number of hydrogen-bond acceptors (Lipinski definition) is 6. The lowest BCUT2D eigenvalue weighted by Crippen LogP contribution is -2.29.